The number of hydrogen-bond acceptors (Lipinski definition) is 0. The summed E-state index contributed by atoms with van der Waals surface area (Å²) in [4.78, 5) is 0. The van der Waals surface area contributed by atoms with Crippen molar-refractivity contribution in [2.75, 3.05) is 27.7 Å². The van der Waals surface area contributed by atoms with Gasteiger partial charge in [-0.05, 0) is 5.56 Å². The number of rotatable bonds is 3. The first-order valence-corrected chi connectivity index (χ1v) is 4.53. The largest absolute Gasteiger partial charge is 1.00 e. The van der Waals surface area contributed by atoms with E-state index in [2.05, 4.69) is 52.0 Å². The van der Waals surface area contributed by atoms with Crippen molar-refractivity contribution < 1.29 is 21.5 Å². The van der Waals surface area contributed by atoms with Gasteiger partial charge in [-0.3, -0.25) is 0 Å². The third kappa shape index (κ3) is 4.58. The van der Waals surface area contributed by atoms with Crippen molar-refractivity contribution in [3.05, 3.63) is 42.5 Å². The van der Waals surface area contributed by atoms with Crippen LogP contribution in [0.1, 0.15) is 5.56 Å². The molecule has 0 aliphatic heterocycles. The van der Waals surface area contributed by atoms with E-state index in [4.69, 9.17) is 0 Å². The van der Waals surface area contributed by atoms with E-state index in [0.717, 1.165) is 11.0 Å². The smallest absolute Gasteiger partial charge is 0.104 e. The van der Waals surface area contributed by atoms with Crippen LogP contribution in [-0.2, 0) is 0 Å². The molecule has 0 aliphatic carbocycles. The predicted molar refractivity (Wildman–Crippen MR) is 58.4 cm³/mol. The first-order chi connectivity index (χ1) is 5.99. The zero-order chi connectivity index (χ0) is 9.90. The minimum Gasteiger partial charge on any atom is -1.00 e. The van der Waals surface area contributed by atoms with E-state index in [-0.39, 0.29) is 17.0 Å². The molecule has 0 amide bonds. The highest BCUT2D eigenvalue weighted by atomic mass is 79.9. The molecule has 0 heterocycles. The first kappa shape index (κ1) is 13.4. The molecule has 0 radical (unpaired) electrons. The molecule has 78 valence electrons. The Bertz CT molecular complexity index is 285. The first-order valence-electron chi connectivity index (χ1n) is 4.53. The minimum atomic E-state index is 0. The second-order valence-electron chi connectivity index (χ2n) is 4.42. The number of halogens is 1. The van der Waals surface area contributed by atoms with E-state index in [1.807, 2.05) is 6.07 Å². The monoisotopic (exact) mass is 255 g/mol. The third-order valence-electron chi connectivity index (χ3n) is 1.85. The molecule has 1 aromatic rings. The van der Waals surface area contributed by atoms with Gasteiger partial charge in [0, 0.05) is 5.57 Å². The van der Waals surface area contributed by atoms with Crippen molar-refractivity contribution in [1.82, 2.24) is 0 Å². The van der Waals surface area contributed by atoms with Gasteiger partial charge in [0.15, 0.2) is 0 Å². The number of likely N-dealkylation sites (N-methyl/N-ethyl adjacent to an activating group) is 1. The van der Waals surface area contributed by atoms with E-state index < -0.39 is 0 Å². The lowest BCUT2D eigenvalue weighted by Gasteiger charge is -2.24. The fourth-order valence-corrected chi connectivity index (χ4v) is 1.34. The Labute approximate surface area is 97.4 Å². The standard InChI is InChI=1S/C12H18N.BrH/c1-11(10-13(2,3)4)12-8-6-5-7-9-12;/h5-9H,1,10H2,2-4H3;1H/q+1;/p-1. The Morgan fingerprint density at radius 3 is 2.07 bits per heavy atom. The minimum absolute atomic E-state index is 0. The number of quaternary nitrogens is 1. The van der Waals surface area contributed by atoms with E-state index >= 15 is 0 Å². The topological polar surface area (TPSA) is 0 Å². The molecule has 0 saturated heterocycles. The molecule has 0 aromatic heterocycles. The Kier molecular flexibility index (Phi) is 5.09. The molecule has 2 heteroatoms. The zero-order valence-corrected chi connectivity index (χ0v) is 10.7. The Balaban J connectivity index is 0.00000169. The molecule has 1 aromatic carbocycles. The van der Waals surface area contributed by atoms with Gasteiger partial charge in [0.1, 0.15) is 6.54 Å². The summed E-state index contributed by atoms with van der Waals surface area (Å²) in [5.74, 6) is 0. The summed E-state index contributed by atoms with van der Waals surface area (Å²) in [6.45, 7) is 5.08. The molecular formula is C12H18BrN. The van der Waals surface area contributed by atoms with Gasteiger partial charge in [0.25, 0.3) is 0 Å². The SMILES string of the molecule is C=C(C[N+](C)(C)C)c1ccccc1.[Br-]. The van der Waals surface area contributed by atoms with Gasteiger partial charge < -0.3 is 21.5 Å². The second-order valence-corrected chi connectivity index (χ2v) is 4.42. The highest BCUT2D eigenvalue weighted by Gasteiger charge is 2.09. The maximum Gasteiger partial charge on any atom is 0.104 e. The summed E-state index contributed by atoms with van der Waals surface area (Å²) in [7, 11) is 6.52. The van der Waals surface area contributed by atoms with Crippen molar-refractivity contribution in [3.63, 3.8) is 0 Å². The molecule has 0 atom stereocenters. The van der Waals surface area contributed by atoms with Gasteiger partial charge in [-0.1, -0.05) is 36.9 Å². The number of nitrogens with zero attached hydrogens (tertiary/aromatic N) is 1. The molecule has 14 heavy (non-hydrogen) atoms. The van der Waals surface area contributed by atoms with Crippen LogP contribution in [0.5, 0.6) is 0 Å². The van der Waals surface area contributed by atoms with Gasteiger partial charge in [0.05, 0.1) is 21.1 Å². The van der Waals surface area contributed by atoms with Crippen LogP contribution in [0, 0.1) is 0 Å². The lowest BCUT2D eigenvalue weighted by Crippen LogP contribution is -3.00. The van der Waals surface area contributed by atoms with Crippen molar-refractivity contribution in [3.8, 4) is 0 Å². The Morgan fingerprint density at radius 1 is 1.14 bits per heavy atom. The van der Waals surface area contributed by atoms with Gasteiger partial charge in [-0.15, -0.1) is 0 Å². The van der Waals surface area contributed by atoms with E-state index in [0.29, 0.717) is 0 Å². The van der Waals surface area contributed by atoms with E-state index in [1.165, 1.54) is 11.1 Å². The van der Waals surface area contributed by atoms with Crippen LogP contribution in [0.4, 0.5) is 0 Å². The van der Waals surface area contributed by atoms with Crippen LogP contribution in [0.3, 0.4) is 0 Å². The third-order valence-corrected chi connectivity index (χ3v) is 1.85. The van der Waals surface area contributed by atoms with E-state index in [9.17, 15) is 0 Å². The highest BCUT2D eigenvalue weighted by Crippen LogP contribution is 2.13. The van der Waals surface area contributed by atoms with Crippen molar-refractivity contribution >= 4 is 5.57 Å². The molecule has 0 bridgehead atoms. The Hall–Kier alpha value is -0.600. The number of hydrogen-bond donors (Lipinski definition) is 0. The van der Waals surface area contributed by atoms with Gasteiger partial charge >= 0.3 is 0 Å². The molecule has 1 nitrogen and oxygen atoms in total. The number of benzene rings is 1. The van der Waals surface area contributed by atoms with Crippen LogP contribution in [0.2, 0.25) is 0 Å². The molecule has 0 aliphatic rings. The summed E-state index contributed by atoms with van der Waals surface area (Å²) in [5, 5.41) is 0. The zero-order valence-electron chi connectivity index (χ0n) is 9.13. The van der Waals surface area contributed by atoms with Crippen molar-refractivity contribution in [1.29, 1.82) is 0 Å². The van der Waals surface area contributed by atoms with Crippen molar-refractivity contribution in [2.45, 2.75) is 0 Å². The molecule has 0 N–H and O–H groups in total. The van der Waals surface area contributed by atoms with Crippen LogP contribution >= 0.6 is 0 Å². The maximum absolute atomic E-state index is 4.09. The Morgan fingerprint density at radius 2 is 1.64 bits per heavy atom. The van der Waals surface area contributed by atoms with Gasteiger partial charge in [-0.2, -0.15) is 0 Å². The molecule has 0 spiro atoms. The quantitative estimate of drug-likeness (QED) is 0.634. The molecule has 0 saturated carbocycles. The van der Waals surface area contributed by atoms with Crippen LogP contribution in [0.25, 0.3) is 5.57 Å². The highest BCUT2D eigenvalue weighted by molar-refractivity contribution is 5.63. The average molecular weight is 256 g/mol. The summed E-state index contributed by atoms with van der Waals surface area (Å²) >= 11 is 0. The predicted octanol–water partition coefficient (Wildman–Crippen LogP) is -0.590. The molecule has 1 rings (SSSR count). The summed E-state index contributed by atoms with van der Waals surface area (Å²) < 4.78 is 0.924. The van der Waals surface area contributed by atoms with Crippen LogP contribution < -0.4 is 17.0 Å². The fraction of sp³-hybridized carbons (Fsp3) is 0.333. The lowest BCUT2D eigenvalue weighted by molar-refractivity contribution is -0.862. The van der Waals surface area contributed by atoms with Crippen molar-refractivity contribution in [2.24, 2.45) is 0 Å². The molecular weight excluding hydrogens is 238 g/mol. The molecule has 0 fully saturated rings. The maximum atomic E-state index is 4.09. The van der Waals surface area contributed by atoms with Gasteiger partial charge in [0.2, 0.25) is 0 Å². The van der Waals surface area contributed by atoms with Crippen LogP contribution in [-0.4, -0.2) is 32.2 Å². The summed E-state index contributed by atoms with van der Waals surface area (Å²) in [6.07, 6.45) is 0. The van der Waals surface area contributed by atoms with E-state index in [1.54, 1.807) is 0 Å². The fourth-order valence-electron chi connectivity index (χ4n) is 1.34. The normalized spacial score (nSPS) is 10.5. The second kappa shape index (κ2) is 5.32. The summed E-state index contributed by atoms with van der Waals surface area (Å²) in [6, 6.07) is 10.4. The van der Waals surface area contributed by atoms with Gasteiger partial charge in [-0.25, -0.2) is 0 Å². The average Bonchev–Trinajstić information content (AvgIpc) is 2.03. The lowest BCUT2D eigenvalue weighted by atomic mass is 10.1. The van der Waals surface area contributed by atoms with Crippen LogP contribution in [0.15, 0.2) is 36.9 Å². The molecule has 0 unspecified atom stereocenters. The summed E-state index contributed by atoms with van der Waals surface area (Å²) in [5.41, 5.74) is 2.45.